The second-order valence-corrected chi connectivity index (χ2v) is 7.01. The van der Waals surface area contributed by atoms with Crippen LogP contribution in [0.25, 0.3) is 5.76 Å². The standard InChI is InChI=1S/C21H23FN2O5/c1-23(2)9-5-10-24-18(16-6-4-11-29-16)17(20(26)21(24)27)19(25)13-7-8-15(28-3)14(22)12-13/h4,6-8,11-12,18,25H,5,9-10H2,1-3H3/t18-/m0/s1. The summed E-state index contributed by atoms with van der Waals surface area (Å²) in [4.78, 5) is 28.8. The number of carbonyl (C=O) groups is 2. The monoisotopic (exact) mass is 402 g/mol. The van der Waals surface area contributed by atoms with Crippen molar-refractivity contribution >= 4 is 17.4 Å². The van der Waals surface area contributed by atoms with E-state index in [4.69, 9.17) is 9.15 Å². The smallest absolute Gasteiger partial charge is 0.295 e. The maximum Gasteiger partial charge on any atom is 0.295 e. The van der Waals surface area contributed by atoms with Crippen LogP contribution in [0.1, 0.15) is 23.8 Å². The van der Waals surface area contributed by atoms with Crippen LogP contribution in [0.4, 0.5) is 4.39 Å². The first-order chi connectivity index (χ1) is 13.8. The van der Waals surface area contributed by atoms with Gasteiger partial charge in [-0.15, -0.1) is 0 Å². The molecule has 2 heterocycles. The van der Waals surface area contributed by atoms with Crippen molar-refractivity contribution in [2.45, 2.75) is 12.5 Å². The highest BCUT2D eigenvalue weighted by Gasteiger charge is 2.47. The van der Waals surface area contributed by atoms with Gasteiger partial charge < -0.3 is 24.1 Å². The molecule has 7 nitrogen and oxygen atoms in total. The van der Waals surface area contributed by atoms with Crippen molar-refractivity contribution < 1.29 is 28.2 Å². The van der Waals surface area contributed by atoms with Crippen molar-refractivity contribution in [3.63, 3.8) is 0 Å². The van der Waals surface area contributed by atoms with E-state index >= 15 is 0 Å². The van der Waals surface area contributed by atoms with Gasteiger partial charge >= 0.3 is 0 Å². The molecule has 1 atom stereocenters. The van der Waals surface area contributed by atoms with Crippen LogP contribution in [0, 0.1) is 5.82 Å². The highest BCUT2D eigenvalue weighted by molar-refractivity contribution is 6.46. The van der Waals surface area contributed by atoms with Crippen molar-refractivity contribution in [3.8, 4) is 5.75 Å². The molecule has 1 aromatic heterocycles. The molecule has 1 aliphatic heterocycles. The highest BCUT2D eigenvalue weighted by atomic mass is 19.1. The van der Waals surface area contributed by atoms with Crippen molar-refractivity contribution in [1.29, 1.82) is 0 Å². The lowest BCUT2D eigenvalue weighted by Gasteiger charge is -2.24. The predicted octanol–water partition coefficient (Wildman–Crippen LogP) is 2.80. The minimum absolute atomic E-state index is 0.00766. The van der Waals surface area contributed by atoms with Crippen molar-refractivity contribution in [3.05, 3.63) is 59.3 Å². The number of rotatable bonds is 7. The van der Waals surface area contributed by atoms with E-state index in [1.807, 2.05) is 19.0 Å². The summed E-state index contributed by atoms with van der Waals surface area (Å²) in [5, 5.41) is 10.8. The molecule has 1 fully saturated rings. The summed E-state index contributed by atoms with van der Waals surface area (Å²) in [6.07, 6.45) is 2.07. The van der Waals surface area contributed by atoms with E-state index in [1.54, 1.807) is 12.1 Å². The SMILES string of the molecule is COc1ccc(C(O)=C2C(=O)C(=O)N(CCCN(C)C)[C@H]2c2ccco2)cc1F. The summed E-state index contributed by atoms with van der Waals surface area (Å²) in [5.41, 5.74) is -0.0504. The molecule has 1 N–H and O–H groups in total. The number of aliphatic hydroxyl groups is 1. The molecule has 0 spiro atoms. The zero-order chi connectivity index (χ0) is 21.1. The number of hydrogen-bond acceptors (Lipinski definition) is 6. The van der Waals surface area contributed by atoms with Crippen LogP contribution in [0.15, 0.2) is 46.6 Å². The lowest BCUT2D eigenvalue weighted by Crippen LogP contribution is -2.32. The van der Waals surface area contributed by atoms with Crippen LogP contribution >= 0.6 is 0 Å². The molecule has 3 rings (SSSR count). The number of aliphatic hydroxyl groups excluding tert-OH is 1. The quantitative estimate of drug-likeness (QED) is 0.436. The third-order valence-electron chi connectivity index (χ3n) is 4.78. The minimum Gasteiger partial charge on any atom is -0.507 e. The summed E-state index contributed by atoms with van der Waals surface area (Å²) in [5.74, 6) is -2.34. The van der Waals surface area contributed by atoms with Gasteiger partial charge in [-0.3, -0.25) is 9.59 Å². The van der Waals surface area contributed by atoms with Gasteiger partial charge in [-0.25, -0.2) is 4.39 Å². The number of Topliss-reactive ketones (excluding diaryl/α,β-unsaturated/α-hetero) is 1. The summed E-state index contributed by atoms with van der Waals surface area (Å²) < 4.78 is 24.5. The number of ketones is 1. The Hall–Kier alpha value is -3.13. The molecular formula is C21H23FN2O5. The van der Waals surface area contributed by atoms with Gasteiger partial charge in [-0.05, 0) is 57.4 Å². The fraction of sp³-hybridized carbons (Fsp3) is 0.333. The van der Waals surface area contributed by atoms with Gasteiger partial charge in [-0.1, -0.05) is 0 Å². The fourth-order valence-electron chi connectivity index (χ4n) is 3.38. The van der Waals surface area contributed by atoms with Crippen molar-refractivity contribution in [1.82, 2.24) is 9.80 Å². The third kappa shape index (κ3) is 4.02. The van der Waals surface area contributed by atoms with Gasteiger partial charge in [0.1, 0.15) is 17.6 Å². The van der Waals surface area contributed by atoms with Crippen LogP contribution < -0.4 is 4.74 Å². The maximum absolute atomic E-state index is 14.1. The average Bonchev–Trinajstić information content (AvgIpc) is 3.29. The third-order valence-corrected chi connectivity index (χ3v) is 4.78. The van der Waals surface area contributed by atoms with Crippen molar-refractivity contribution in [2.24, 2.45) is 0 Å². The van der Waals surface area contributed by atoms with E-state index in [2.05, 4.69) is 0 Å². The van der Waals surface area contributed by atoms with Crippen LogP contribution in [0.3, 0.4) is 0 Å². The van der Waals surface area contributed by atoms with Gasteiger partial charge in [0.25, 0.3) is 11.7 Å². The van der Waals surface area contributed by atoms with Crippen LogP contribution in [-0.4, -0.2) is 60.9 Å². The summed E-state index contributed by atoms with van der Waals surface area (Å²) in [6.45, 7) is 1.03. The van der Waals surface area contributed by atoms with E-state index < -0.39 is 29.3 Å². The largest absolute Gasteiger partial charge is 0.507 e. The summed E-state index contributed by atoms with van der Waals surface area (Å²) in [6, 6.07) is 6.24. The lowest BCUT2D eigenvalue weighted by molar-refractivity contribution is -0.140. The number of likely N-dealkylation sites (tertiary alicyclic amines) is 1. The number of hydrogen-bond donors (Lipinski definition) is 1. The maximum atomic E-state index is 14.1. The molecule has 29 heavy (non-hydrogen) atoms. The number of halogens is 1. The van der Waals surface area contributed by atoms with E-state index in [9.17, 15) is 19.1 Å². The van der Waals surface area contributed by atoms with Crippen molar-refractivity contribution in [2.75, 3.05) is 34.3 Å². The van der Waals surface area contributed by atoms with Crippen LogP contribution in [-0.2, 0) is 9.59 Å². The molecule has 0 unspecified atom stereocenters. The van der Waals surface area contributed by atoms with Gasteiger partial charge in [0, 0.05) is 12.1 Å². The fourth-order valence-corrected chi connectivity index (χ4v) is 3.38. The first kappa shape index (κ1) is 20.6. The minimum atomic E-state index is -0.877. The molecule has 0 aliphatic carbocycles. The number of carbonyl (C=O) groups excluding carboxylic acids is 2. The normalized spacial score (nSPS) is 18.7. The van der Waals surface area contributed by atoms with Crippen LogP contribution in [0.2, 0.25) is 0 Å². The summed E-state index contributed by atoms with van der Waals surface area (Å²) >= 11 is 0. The number of methoxy groups -OCH3 is 1. The average molecular weight is 402 g/mol. The van der Waals surface area contributed by atoms with Gasteiger partial charge in [0.05, 0.1) is 18.9 Å². The number of amides is 1. The molecule has 1 amide bonds. The number of ether oxygens (including phenoxy) is 1. The van der Waals surface area contributed by atoms with E-state index in [-0.39, 0.29) is 16.9 Å². The molecule has 154 valence electrons. The molecule has 0 radical (unpaired) electrons. The first-order valence-electron chi connectivity index (χ1n) is 9.15. The number of benzene rings is 1. The number of nitrogens with zero attached hydrogens (tertiary/aromatic N) is 2. The predicted molar refractivity (Wildman–Crippen MR) is 104 cm³/mol. The zero-order valence-electron chi connectivity index (χ0n) is 16.5. The van der Waals surface area contributed by atoms with E-state index in [0.717, 1.165) is 12.6 Å². The summed E-state index contributed by atoms with van der Waals surface area (Å²) in [7, 11) is 5.15. The Morgan fingerprint density at radius 3 is 2.66 bits per heavy atom. The van der Waals surface area contributed by atoms with E-state index in [1.165, 1.54) is 30.4 Å². The Kier molecular flexibility index (Phi) is 6.03. The topological polar surface area (TPSA) is 83.2 Å². The molecule has 2 aromatic rings. The Bertz CT molecular complexity index is 937. The lowest BCUT2D eigenvalue weighted by atomic mass is 9.99. The van der Waals surface area contributed by atoms with Gasteiger partial charge in [0.15, 0.2) is 11.6 Å². The molecule has 0 saturated carbocycles. The number of furan rings is 1. The molecule has 0 bridgehead atoms. The second-order valence-electron chi connectivity index (χ2n) is 7.01. The zero-order valence-corrected chi connectivity index (χ0v) is 16.5. The van der Waals surface area contributed by atoms with Gasteiger partial charge in [-0.2, -0.15) is 0 Å². The second kappa shape index (κ2) is 8.48. The molecule has 1 aliphatic rings. The first-order valence-corrected chi connectivity index (χ1v) is 9.15. The van der Waals surface area contributed by atoms with Gasteiger partial charge in [0.2, 0.25) is 0 Å². The highest BCUT2D eigenvalue weighted by Crippen LogP contribution is 2.40. The Balaban J connectivity index is 2.05. The van der Waals surface area contributed by atoms with Crippen LogP contribution in [0.5, 0.6) is 5.75 Å². The molecule has 1 saturated heterocycles. The molecule has 8 heteroatoms. The Morgan fingerprint density at radius 2 is 2.07 bits per heavy atom. The Morgan fingerprint density at radius 1 is 1.31 bits per heavy atom. The molecule has 1 aromatic carbocycles. The van der Waals surface area contributed by atoms with E-state index in [0.29, 0.717) is 18.7 Å². The molecular weight excluding hydrogens is 379 g/mol. The Labute approximate surface area is 168 Å².